The highest BCUT2D eigenvalue weighted by Gasteiger charge is 2.36. The molecule has 1 heterocycles. The van der Waals surface area contributed by atoms with Gasteiger partial charge in [-0.2, -0.15) is 13.2 Å². The second kappa shape index (κ2) is 3.67. The Labute approximate surface area is 80.9 Å². The third-order valence-corrected chi connectivity index (χ3v) is 2.02. The van der Waals surface area contributed by atoms with Crippen LogP contribution < -0.4 is 0 Å². The van der Waals surface area contributed by atoms with Crippen LogP contribution in [0.1, 0.15) is 43.8 Å². The number of hydrogen-bond acceptors (Lipinski definition) is 1. The van der Waals surface area contributed by atoms with Crippen molar-refractivity contribution >= 4 is 0 Å². The first-order valence-electron chi connectivity index (χ1n) is 4.56. The molecule has 0 N–H and O–H groups in total. The molecule has 0 atom stereocenters. The van der Waals surface area contributed by atoms with Gasteiger partial charge in [0.05, 0.1) is 5.56 Å². The van der Waals surface area contributed by atoms with E-state index in [1.54, 1.807) is 20.8 Å². The maximum atomic E-state index is 12.5. The van der Waals surface area contributed by atoms with Gasteiger partial charge in [-0.15, -0.1) is 0 Å². The van der Waals surface area contributed by atoms with Gasteiger partial charge in [-0.3, -0.25) is 0 Å². The fourth-order valence-electron chi connectivity index (χ4n) is 1.24. The van der Waals surface area contributed by atoms with Crippen LogP contribution in [-0.4, -0.2) is 0 Å². The van der Waals surface area contributed by atoms with E-state index in [0.717, 1.165) is 6.07 Å². The van der Waals surface area contributed by atoms with Gasteiger partial charge in [0, 0.05) is 12.3 Å². The highest BCUT2D eigenvalue weighted by atomic mass is 19.4. The molecule has 0 amide bonds. The number of furan rings is 1. The first-order chi connectivity index (χ1) is 6.36. The average Bonchev–Trinajstić information content (AvgIpc) is 2.46. The molecule has 1 aromatic rings. The molecule has 0 aliphatic rings. The molecule has 0 saturated carbocycles. The minimum Gasteiger partial charge on any atom is -0.465 e. The summed E-state index contributed by atoms with van der Waals surface area (Å²) in [4.78, 5) is 0. The van der Waals surface area contributed by atoms with Gasteiger partial charge in [0.1, 0.15) is 11.5 Å². The summed E-state index contributed by atoms with van der Waals surface area (Å²) in [5, 5.41) is 0. The van der Waals surface area contributed by atoms with Crippen LogP contribution in [0.5, 0.6) is 0 Å². The summed E-state index contributed by atoms with van der Waals surface area (Å²) in [5.74, 6) is 0.409. The Morgan fingerprint density at radius 1 is 1.36 bits per heavy atom. The molecule has 0 aliphatic heterocycles. The van der Waals surface area contributed by atoms with E-state index in [0.29, 0.717) is 5.76 Å². The molecule has 0 unspecified atom stereocenters. The number of halogens is 3. The van der Waals surface area contributed by atoms with Crippen molar-refractivity contribution in [3.63, 3.8) is 0 Å². The molecule has 14 heavy (non-hydrogen) atoms. The van der Waals surface area contributed by atoms with Crippen LogP contribution in [0.25, 0.3) is 0 Å². The molecule has 4 heteroatoms. The molecule has 0 saturated heterocycles. The third kappa shape index (κ3) is 2.11. The summed E-state index contributed by atoms with van der Waals surface area (Å²) in [7, 11) is 0. The topological polar surface area (TPSA) is 13.1 Å². The van der Waals surface area contributed by atoms with Gasteiger partial charge in [-0.05, 0) is 6.07 Å². The van der Waals surface area contributed by atoms with Gasteiger partial charge in [0.15, 0.2) is 0 Å². The number of hydrogen-bond donors (Lipinski definition) is 0. The first-order valence-corrected chi connectivity index (χ1v) is 4.56. The van der Waals surface area contributed by atoms with Crippen molar-refractivity contribution in [1.82, 2.24) is 0 Å². The van der Waals surface area contributed by atoms with Crippen LogP contribution in [0.3, 0.4) is 0 Å². The minimum atomic E-state index is -4.30. The molecule has 1 nitrogen and oxygen atoms in total. The molecule has 1 rings (SSSR count). The van der Waals surface area contributed by atoms with Gasteiger partial charge in [-0.25, -0.2) is 0 Å². The predicted octanol–water partition coefficient (Wildman–Crippen LogP) is 3.98. The highest BCUT2D eigenvalue weighted by Crippen LogP contribution is 2.35. The van der Waals surface area contributed by atoms with Gasteiger partial charge < -0.3 is 4.42 Å². The van der Waals surface area contributed by atoms with Crippen LogP contribution >= 0.6 is 0 Å². The Hall–Kier alpha value is -0.930. The van der Waals surface area contributed by atoms with Crippen molar-refractivity contribution in [2.45, 2.75) is 39.3 Å². The average molecular weight is 206 g/mol. The smallest absolute Gasteiger partial charge is 0.419 e. The fourth-order valence-corrected chi connectivity index (χ4v) is 1.24. The van der Waals surface area contributed by atoms with E-state index >= 15 is 0 Å². The summed E-state index contributed by atoms with van der Waals surface area (Å²) >= 11 is 0. The zero-order chi connectivity index (χ0) is 10.9. The monoisotopic (exact) mass is 206 g/mol. The van der Waals surface area contributed by atoms with Crippen LogP contribution in [-0.2, 0) is 12.6 Å². The Kier molecular flexibility index (Phi) is 2.92. The van der Waals surface area contributed by atoms with E-state index in [2.05, 4.69) is 0 Å². The maximum Gasteiger partial charge on any atom is 0.419 e. The molecule has 0 bridgehead atoms. The summed E-state index contributed by atoms with van der Waals surface area (Å²) in [5.41, 5.74) is -0.635. The van der Waals surface area contributed by atoms with E-state index < -0.39 is 11.7 Å². The lowest BCUT2D eigenvalue weighted by atomic mass is 10.1. The minimum absolute atomic E-state index is 0.0172. The second-order valence-electron chi connectivity index (χ2n) is 3.49. The van der Waals surface area contributed by atoms with Gasteiger partial charge in [0.25, 0.3) is 0 Å². The normalized spacial score (nSPS) is 12.5. The molecular formula is C10H13F3O. The van der Waals surface area contributed by atoms with E-state index in [-0.39, 0.29) is 18.1 Å². The molecule has 1 aromatic heterocycles. The van der Waals surface area contributed by atoms with Gasteiger partial charge in [0.2, 0.25) is 0 Å². The van der Waals surface area contributed by atoms with Crippen LogP contribution in [0.15, 0.2) is 10.5 Å². The largest absolute Gasteiger partial charge is 0.465 e. The van der Waals surface area contributed by atoms with E-state index in [1.165, 1.54) is 0 Å². The zero-order valence-electron chi connectivity index (χ0n) is 8.40. The number of rotatable bonds is 2. The Morgan fingerprint density at radius 3 is 2.21 bits per heavy atom. The van der Waals surface area contributed by atoms with Crippen molar-refractivity contribution in [1.29, 1.82) is 0 Å². The standard InChI is InChI=1S/C10H13F3O/c1-4-8-7(10(11,12)13)5-9(14-8)6(2)3/h5-6H,4H2,1-3H3. The zero-order valence-corrected chi connectivity index (χ0v) is 8.40. The van der Waals surface area contributed by atoms with Crippen molar-refractivity contribution < 1.29 is 17.6 Å². The molecule has 0 fully saturated rings. The summed E-state index contributed by atoms with van der Waals surface area (Å²) in [6, 6.07) is 1.10. The lowest BCUT2D eigenvalue weighted by Crippen LogP contribution is -2.05. The molecule has 0 aromatic carbocycles. The molecule has 80 valence electrons. The van der Waals surface area contributed by atoms with Crippen molar-refractivity contribution in [2.75, 3.05) is 0 Å². The number of aryl methyl sites for hydroxylation is 1. The van der Waals surface area contributed by atoms with E-state index in [4.69, 9.17) is 4.42 Å². The summed E-state index contributed by atoms with van der Waals surface area (Å²) < 4.78 is 42.5. The lowest BCUT2D eigenvalue weighted by molar-refractivity contribution is -0.138. The highest BCUT2D eigenvalue weighted by molar-refractivity contribution is 5.26. The Bertz CT molecular complexity index is 310. The molecule has 0 spiro atoms. The summed E-state index contributed by atoms with van der Waals surface area (Å²) in [6.07, 6.45) is -4.04. The van der Waals surface area contributed by atoms with Crippen LogP contribution in [0.4, 0.5) is 13.2 Å². The van der Waals surface area contributed by atoms with E-state index in [1.807, 2.05) is 0 Å². The van der Waals surface area contributed by atoms with Crippen molar-refractivity contribution in [3.05, 3.63) is 23.2 Å². The van der Waals surface area contributed by atoms with Crippen LogP contribution in [0, 0.1) is 0 Å². The third-order valence-electron chi connectivity index (χ3n) is 2.02. The maximum absolute atomic E-state index is 12.5. The van der Waals surface area contributed by atoms with Gasteiger partial charge >= 0.3 is 6.18 Å². The van der Waals surface area contributed by atoms with Crippen LogP contribution in [0.2, 0.25) is 0 Å². The Morgan fingerprint density at radius 2 is 1.93 bits per heavy atom. The summed E-state index contributed by atoms with van der Waals surface area (Å²) in [6.45, 7) is 5.26. The van der Waals surface area contributed by atoms with Gasteiger partial charge in [-0.1, -0.05) is 20.8 Å². The predicted molar refractivity (Wildman–Crippen MR) is 47.2 cm³/mol. The number of alkyl halides is 3. The first kappa shape index (κ1) is 11.1. The fraction of sp³-hybridized carbons (Fsp3) is 0.600. The molecular weight excluding hydrogens is 193 g/mol. The van der Waals surface area contributed by atoms with Crippen molar-refractivity contribution in [2.24, 2.45) is 0 Å². The second-order valence-corrected chi connectivity index (χ2v) is 3.49. The lowest BCUT2D eigenvalue weighted by Gasteiger charge is -2.03. The Balaban J connectivity index is 3.16. The quantitative estimate of drug-likeness (QED) is 0.713. The SMILES string of the molecule is CCc1oc(C(C)C)cc1C(F)(F)F. The van der Waals surface area contributed by atoms with E-state index in [9.17, 15) is 13.2 Å². The molecule has 0 aliphatic carbocycles. The van der Waals surface area contributed by atoms with Crippen molar-refractivity contribution in [3.8, 4) is 0 Å². The molecule has 0 radical (unpaired) electrons.